The van der Waals surface area contributed by atoms with Crippen LogP contribution in [0.5, 0.6) is 17.2 Å². The molecule has 2 aliphatic heterocycles. The lowest BCUT2D eigenvalue weighted by molar-refractivity contribution is -0.385. The van der Waals surface area contributed by atoms with Crippen LogP contribution in [0.25, 0.3) is 0 Å². The maximum Gasteiger partial charge on any atom is 0.311 e. The van der Waals surface area contributed by atoms with Crippen molar-refractivity contribution in [3.05, 3.63) is 69.8 Å². The molecule has 172 valence electrons. The topological polar surface area (TPSA) is 121 Å². The summed E-state index contributed by atoms with van der Waals surface area (Å²) in [6, 6.07) is 9.67. The van der Waals surface area contributed by atoms with Gasteiger partial charge in [0.2, 0.25) is 12.5 Å². The number of nitrogens with zero attached hydrogens (tertiary/aromatic N) is 3. The van der Waals surface area contributed by atoms with Gasteiger partial charge in [0.15, 0.2) is 11.5 Å². The number of ether oxygens (including phenoxy) is 3. The zero-order valence-electron chi connectivity index (χ0n) is 17.8. The van der Waals surface area contributed by atoms with Crippen molar-refractivity contribution in [1.82, 2.24) is 5.01 Å². The molecule has 4 aliphatic rings. The maximum absolute atomic E-state index is 12.9. The molecule has 6 rings (SSSR count). The van der Waals surface area contributed by atoms with Gasteiger partial charge in [-0.15, -0.1) is 0 Å². The zero-order valence-corrected chi connectivity index (χ0v) is 17.8. The summed E-state index contributed by atoms with van der Waals surface area (Å²) < 4.78 is 16.5. The predicted molar refractivity (Wildman–Crippen MR) is 117 cm³/mol. The number of para-hydroxylation sites is 1. The first-order chi connectivity index (χ1) is 16.5. The number of hydrogen-bond donors (Lipinski definition) is 0. The van der Waals surface area contributed by atoms with Crippen LogP contribution in [0.15, 0.2) is 53.7 Å². The van der Waals surface area contributed by atoms with Gasteiger partial charge in [-0.05, 0) is 42.0 Å². The van der Waals surface area contributed by atoms with Crippen molar-refractivity contribution in [2.45, 2.75) is 13.0 Å². The van der Waals surface area contributed by atoms with Gasteiger partial charge in [0, 0.05) is 11.6 Å². The minimum Gasteiger partial charge on any atom is -0.481 e. The van der Waals surface area contributed by atoms with Crippen molar-refractivity contribution in [2.24, 2.45) is 28.8 Å². The molecule has 2 bridgehead atoms. The van der Waals surface area contributed by atoms with Crippen molar-refractivity contribution in [3.63, 3.8) is 0 Å². The summed E-state index contributed by atoms with van der Waals surface area (Å²) in [4.78, 5) is 36.8. The fourth-order valence-corrected chi connectivity index (χ4v) is 5.25. The molecule has 10 nitrogen and oxygen atoms in total. The normalized spacial score (nSPS) is 26.1. The van der Waals surface area contributed by atoms with Crippen LogP contribution in [-0.2, 0) is 16.2 Å². The van der Waals surface area contributed by atoms with Crippen LogP contribution < -0.4 is 14.2 Å². The number of carbonyl (C=O) groups is 2. The highest BCUT2D eigenvalue weighted by molar-refractivity contribution is 6.07. The molecule has 2 fully saturated rings. The van der Waals surface area contributed by atoms with Gasteiger partial charge >= 0.3 is 5.69 Å². The summed E-state index contributed by atoms with van der Waals surface area (Å²) >= 11 is 0. The largest absolute Gasteiger partial charge is 0.481 e. The second kappa shape index (κ2) is 7.68. The predicted octanol–water partition coefficient (Wildman–Crippen LogP) is 3.04. The molecule has 10 heteroatoms. The maximum atomic E-state index is 12.9. The number of allylic oxidation sites excluding steroid dienone is 2. The van der Waals surface area contributed by atoms with Crippen LogP contribution in [0.2, 0.25) is 0 Å². The number of fused-ring (bicyclic) bond motifs is 6. The zero-order chi connectivity index (χ0) is 23.4. The number of imide groups is 1. The van der Waals surface area contributed by atoms with Crippen molar-refractivity contribution in [2.75, 3.05) is 6.79 Å². The van der Waals surface area contributed by atoms with Gasteiger partial charge in [-0.25, -0.2) is 0 Å². The summed E-state index contributed by atoms with van der Waals surface area (Å²) in [6.45, 7) is 0.167. The van der Waals surface area contributed by atoms with Crippen molar-refractivity contribution in [3.8, 4) is 17.2 Å². The summed E-state index contributed by atoms with van der Waals surface area (Å²) in [5, 5.41) is 16.7. The van der Waals surface area contributed by atoms with Crippen LogP contribution in [0.1, 0.15) is 17.5 Å². The highest BCUT2D eigenvalue weighted by atomic mass is 16.7. The first-order valence-electron chi connectivity index (χ1n) is 10.9. The Balaban J connectivity index is 1.26. The first kappa shape index (κ1) is 20.4. The average molecular weight is 461 g/mol. The van der Waals surface area contributed by atoms with E-state index in [1.165, 1.54) is 18.3 Å². The standard InChI is InChI=1S/C24H19N3O7/c28-23-20-14-5-6-15(9-14)21(20)24(29)26(23)25-10-16-2-1-3-17(27(30)31)22(16)32-11-13-4-7-18-19(8-13)34-12-33-18/h1-8,10,14-15,20-21H,9,11-12H2. The van der Waals surface area contributed by atoms with Crippen LogP contribution in [0, 0.1) is 33.8 Å². The Morgan fingerprint density at radius 1 is 1.09 bits per heavy atom. The molecule has 2 aliphatic carbocycles. The van der Waals surface area contributed by atoms with Crippen molar-refractivity contribution >= 4 is 23.7 Å². The lowest BCUT2D eigenvalue weighted by atomic mass is 9.85. The van der Waals surface area contributed by atoms with E-state index in [1.807, 2.05) is 12.2 Å². The smallest absolute Gasteiger partial charge is 0.311 e. The van der Waals surface area contributed by atoms with Gasteiger partial charge in [0.05, 0.1) is 23.0 Å². The highest BCUT2D eigenvalue weighted by Gasteiger charge is 2.59. The fraction of sp³-hybridized carbons (Fsp3) is 0.292. The second-order valence-electron chi connectivity index (χ2n) is 8.66. The lowest BCUT2D eigenvalue weighted by Gasteiger charge is -2.13. The fourth-order valence-electron chi connectivity index (χ4n) is 5.25. The average Bonchev–Trinajstić information content (AvgIpc) is 3.61. The van der Waals surface area contributed by atoms with E-state index in [4.69, 9.17) is 14.2 Å². The van der Waals surface area contributed by atoms with Crippen LogP contribution >= 0.6 is 0 Å². The molecular formula is C24H19N3O7. The molecule has 0 N–H and O–H groups in total. The van der Waals surface area contributed by atoms with E-state index >= 15 is 0 Å². The van der Waals surface area contributed by atoms with E-state index in [-0.39, 0.29) is 65.9 Å². The van der Waals surface area contributed by atoms with E-state index in [2.05, 4.69) is 5.10 Å². The minimum atomic E-state index is -0.549. The Bertz CT molecular complexity index is 1260. The van der Waals surface area contributed by atoms with E-state index in [9.17, 15) is 19.7 Å². The summed E-state index contributed by atoms with van der Waals surface area (Å²) in [6.07, 6.45) is 6.11. The third kappa shape index (κ3) is 3.13. The van der Waals surface area contributed by atoms with Gasteiger partial charge in [0.1, 0.15) is 6.61 Å². The van der Waals surface area contributed by atoms with Crippen LogP contribution in [0.4, 0.5) is 5.69 Å². The van der Waals surface area contributed by atoms with E-state index in [1.54, 1.807) is 24.3 Å². The molecule has 1 saturated heterocycles. The van der Waals surface area contributed by atoms with Gasteiger partial charge in [0.25, 0.3) is 11.8 Å². The van der Waals surface area contributed by atoms with E-state index in [0.29, 0.717) is 11.5 Å². The number of amides is 2. The second-order valence-corrected chi connectivity index (χ2v) is 8.66. The Hall–Kier alpha value is -4.21. The minimum absolute atomic E-state index is 0.00468. The number of carbonyl (C=O) groups excluding carboxylic acids is 2. The molecule has 0 aromatic heterocycles. The molecule has 4 unspecified atom stereocenters. The third-order valence-corrected chi connectivity index (χ3v) is 6.80. The third-order valence-electron chi connectivity index (χ3n) is 6.80. The molecule has 0 spiro atoms. The summed E-state index contributed by atoms with van der Waals surface area (Å²) in [5.41, 5.74) is 0.766. The highest BCUT2D eigenvalue weighted by Crippen LogP contribution is 2.52. The van der Waals surface area contributed by atoms with Gasteiger partial charge < -0.3 is 14.2 Å². The summed E-state index contributed by atoms with van der Waals surface area (Å²) in [5.74, 6) is -0.0446. The molecule has 2 aromatic carbocycles. The van der Waals surface area contributed by atoms with Crippen LogP contribution in [-0.4, -0.2) is 34.8 Å². The molecule has 34 heavy (non-hydrogen) atoms. The molecule has 0 radical (unpaired) electrons. The van der Waals surface area contributed by atoms with Gasteiger partial charge in [-0.1, -0.05) is 24.3 Å². The number of hydrogen-bond acceptors (Lipinski definition) is 8. The number of nitro groups is 1. The number of benzene rings is 2. The molecule has 4 atom stereocenters. The molecule has 2 heterocycles. The van der Waals surface area contributed by atoms with E-state index in [0.717, 1.165) is 17.0 Å². The molecular weight excluding hydrogens is 442 g/mol. The Labute approximate surface area is 193 Å². The van der Waals surface area contributed by atoms with Gasteiger partial charge in [-0.3, -0.25) is 19.7 Å². The Morgan fingerprint density at radius 3 is 2.56 bits per heavy atom. The van der Waals surface area contributed by atoms with Crippen LogP contribution in [0.3, 0.4) is 0 Å². The Kier molecular flexibility index (Phi) is 4.61. The first-order valence-corrected chi connectivity index (χ1v) is 10.9. The number of rotatable bonds is 6. The van der Waals surface area contributed by atoms with Gasteiger partial charge in [-0.2, -0.15) is 10.1 Å². The quantitative estimate of drug-likeness (QED) is 0.213. The monoisotopic (exact) mass is 461 g/mol. The molecule has 2 aromatic rings. The number of hydrazone groups is 1. The van der Waals surface area contributed by atoms with Crippen molar-refractivity contribution in [1.29, 1.82) is 0 Å². The number of nitro benzene ring substituents is 1. The molecule has 2 amide bonds. The van der Waals surface area contributed by atoms with E-state index < -0.39 is 4.92 Å². The van der Waals surface area contributed by atoms with Crippen molar-refractivity contribution < 1.29 is 28.7 Å². The summed E-state index contributed by atoms with van der Waals surface area (Å²) in [7, 11) is 0. The lowest BCUT2D eigenvalue weighted by Crippen LogP contribution is -2.28. The SMILES string of the molecule is O=C1C2C3C=CC(C3)C2C(=O)N1N=Cc1cccc([N+](=O)[O-])c1OCc1ccc2c(c1)OCO2. The molecule has 1 saturated carbocycles. The Morgan fingerprint density at radius 2 is 1.82 bits per heavy atom.